The van der Waals surface area contributed by atoms with Crippen LogP contribution in [0.3, 0.4) is 0 Å². The van der Waals surface area contributed by atoms with Gasteiger partial charge in [-0.25, -0.2) is 0 Å². The zero-order valence-corrected chi connectivity index (χ0v) is 10.2. The van der Waals surface area contributed by atoms with Crippen LogP contribution in [0.1, 0.15) is 18.9 Å². The molecule has 0 saturated heterocycles. The van der Waals surface area contributed by atoms with Gasteiger partial charge in [0.05, 0.1) is 6.04 Å². The molecule has 3 nitrogen and oxygen atoms in total. The van der Waals surface area contributed by atoms with Crippen molar-refractivity contribution in [1.82, 2.24) is 5.32 Å². The summed E-state index contributed by atoms with van der Waals surface area (Å²) in [5.74, 6) is -0.108. The number of rotatable bonds is 6. The molecule has 0 aliphatic rings. The van der Waals surface area contributed by atoms with E-state index in [-0.39, 0.29) is 11.9 Å². The molecule has 0 heterocycles. The molecule has 0 aliphatic carbocycles. The first kappa shape index (κ1) is 13.5. The summed E-state index contributed by atoms with van der Waals surface area (Å²) in [6.45, 7) is 5.58. The zero-order valence-electron chi connectivity index (χ0n) is 10.2. The quantitative estimate of drug-likeness (QED) is 0.733. The van der Waals surface area contributed by atoms with Crippen molar-refractivity contribution in [1.29, 1.82) is 0 Å². The van der Waals surface area contributed by atoms with Crippen LogP contribution in [0.15, 0.2) is 43.0 Å². The lowest BCUT2D eigenvalue weighted by atomic mass is 10.1. The van der Waals surface area contributed by atoms with Crippen molar-refractivity contribution >= 4 is 5.91 Å². The van der Waals surface area contributed by atoms with Gasteiger partial charge in [-0.05, 0) is 25.3 Å². The molecule has 0 fully saturated rings. The predicted molar refractivity (Wildman–Crippen MR) is 70.5 cm³/mol. The highest BCUT2D eigenvalue weighted by molar-refractivity contribution is 5.82. The van der Waals surface area contributed by atoms with Gasteiger partial charge in [-0.2, -0.15) is 0 Å². The minimum Gasteiger partial charge on any atom is -0.352 e. The van der Waals surface area contributed by atoms with Gasteiger partial charge in [-0.15, -0.1) is 6.58 Å². The molecule has 92 valence electrons. The molecule has 2 atom stereocenters. The summed E-state index contributed by atoms with van der Waals surface area (Å²) in [6, 6.07) is 9.37. The largest absolute Gasteiger partial charge is 0.352 e. The highest BCUT2D eigenvalue weighted by Crippen LogP contribution is 2.02. The van der Waals surface area contributed by atoms with Crippen molar-refractivity contribution in [3.8, 4) is 0 Å². The van der Waals surface area contributed by atoms with Gasteiger partial charge in [-0.3, -0.25) is 4.79 Å². The molecular weight excluding hydrogens is 212 g/mol. The predicted octanol–water partition coefficient (Wildman–Crippen LogP) is 1.64. The summed E-state index contributed by atoms with van der Waals surface area (Å²) < 4.78 is 0. The van der Waals surface area contributed by atoms with Crippen LogP contribution in [-0.4, -0.2) is 18.0 Å². The van der Waals surface area contributed by atoms with Gasteiger partial charge in [0.1, 0.15) is 0 Å². The van der Waals surface area contributed by atoms with Crippen LogP contribution < -0.4 is 11.1 Å². The molecule has 0 aromatic heterocycles. The van der Waals surface area contributed by atoms with Gasteiger partial charge in [0.15, 0.2) is 0 Å². The molecule has 3 N–H and O–H groups in total. The molecule has 2 unspecified atom stereocenters. The monoisotopic (exact) mass is 232 g/mol. The first-order chi connectivity index (χ1) is 8.13. The fraction of sp³-hybridized carbons (Fsp3) is 0.357. The Morgan fingerprint density at radius 2 is 2.12 bits per heavy atom. The Bertz CT molecular complexity index is 362. The van der Waals surface area contributed by atoms with E-state index in [1.54, 1.807) is 6.08 Å². The lowest BCUT2D eigenvalue weighted by molar-refractivity contribution is -0.122. The third kappa shape index (κ3) is 4.83. The highest BCUT2D eigenvalue weighted by atomic mass is 16.2. The molecule has 1 aromatic rings. The van der Waals surface area contributed by atoms with Crippen LogP contribution >= 0.6 is 0 Å². The SMILES string of the molecule is C=CCC(C)NC(=O)C(N)Cc1ccccc1. The number of benzene rings is 1. The first-order valence-corrected chi connectivity index (χ1v) is 5.84. The molecule has 0 bridgehead atoms. The average molecular weight is 232 g/mol. The smallest absolute Gasteiger partial charge is 0.237 e. The summed E-state index contributed by atoms with van der Waals surface area (Å²) in [7, 11) is 0. The molecule has 1 rings (SSSR count). The maximum Gasteiger partial charge on any atom is 0.237 e. The van der Waals surface area contributed by atoms with Gasteiger partial charge >= 0.3 is 0 Å². The molecule has 3 heteroatoms. The second-order valence-corrected chi connectivity index (χ2v) is 4.23. The molecule has 0 radical (unpaired) electrons. The van der Waals surface area contributed by atoms with Gasteiger partial charge in [0, 0.05) is 6.04 Å². The highest BCUT2D eigenvalue weighted by Gasteiger charge is 2.15. The molecule has 0 spiro atoms. The number of hydrogen-bond donors (Lipinski definition) is 2. The van der Waals surface area contributed by atoms with Crippen LogP contribution in [0.2, 0.25) is 0 Å². The van der Waals surface area contributed by atoms with E-state index in [2.05, 4.69) is 11.9 Å². The molecule has 1 amide bonds. The summed E-state index contributed by atoms with van der Waals surface area (Å²) in [5, 5.41) is 2.87. The van der Waals surface area contributed by atoms with Crippen LogP contribution in [-0.2, 0) is 11.2 Å². The standard InChI is InChI=1S/C14H20N2O/c1-3-7-11(2)16-14(17)13(15)10-12-8-5-4-6-9-12/h3-6,8-9,11,13H,1,7,10,15H2,2H3,(H,16,17). The molecular formula is C14H20N2O. The van der Waals surface area contributed by atoms with Crippen molar-refractivity contribution < 1.29 is 4.79 Å². The Morgan fingerprint density at radius 1 is 1.47 bits per heavy atom. The number of hydrogen-bond acceptors (Lipinski definition) is 2. The second kappa shape index (κ2) is 6.86. The fourth-order valence-corrected chi connectivity index (χ4v) is 1.62. The van der Waals surface area contributed by atoms with E-state index in [1.165, 1.54) is 0 Å². The average Bonchev–Trinajstić information content (AvgIpc) is 2.30. The van der Waals surface area contributed by atoms with E-state index in [0.29, 0.717) is 6.42 Å². The van der Waals surface area contributed by atoms with Crippen LogP contribution in [0.4, 0.5) is 0 Å². The van der Waals surface area contributed by atoms with Crippen LogP contribution in [0.5, 0.6) is 0 Å². The van der Waals surface area contributed by atoms with Gasteiger partial charge in [-0.1, -0.05) is 36.4 Å². The maximum atomic E-state index is 11.8. The fourth-order valence-electron chi connectivity index (χ4n) is 1.62. The zero-order chi connectivity index (χ0) is 12.7. The summed E-state index contributed by atoms with van der Waals surface area (Å²) >= 11 is 0. The normalized spacial score (nSPS) is 13.8. The molecule has 17 heavy (non-hydrogen) atoms. The van der Waals surface area contributed by atoms with Crippen LogP contribution in [0.25, 0.3) is 0 Å². The lowest BCUT2D eigenvalue weighted by Crippen LogP contribution is -2.45. The van der Waals surface area contributed by atoms with Crippen LogP contribution in [0, 0.1) is 0 Å². The van der Waals surface area contributed by atoms with Crippen molar-refractivity contribution in [3.05, 3.63) is 48.6 Å². The van der Waals surface area contributed by atoms with E-state index in [0.717, 1.165) is 12.0 Å². The summed E-state index contributed by atoms with van der Waals surface area (Å²) in [4.78, 5) is 11.8. The molecule has 0 saturated carbocycles. The van der Waals surface area contributed by atoms with E-state index < -0.39 is 6.04 Å². The maximum absolute atomic E-state index is 11.8. The Morgan fingerprint density at radius 3 is 2.71 bits per heavy atom. The van der Waals surface area contributed by atoms with E-state index >= 15 is 0 Å². The second-order valence-electron chi connectivity index (χ2n) is 4.23. The third-order valence-electron chi connectivity index (χ3n) is 2.54. The third-order valence-corrected chi connectivity index (χ3v) is 2.54. The topological polar surface area (TPSA) is 55.1 Å². The Hall–Kier alpha value is -1.61. The molecule has 0 aliphatic heterocycles. The van der Waals surface area contributed by atoms with E-state index in [9.17, 15) is 4.79 Å². The first-order valence-electron chi connectivity index (χ1n) is 5.84. The van der Waals surface area contributed by atoms with Gasteiger partial charge in [0.2, 0.25) is 5.91 Å². The van der Waals surface area contributed by atoms with E-state index in [4.69, 9.17) is 5.73 Å². The minimum absolute atomic E-state index is 0.0850. The number of nitrogens with two attached hydrogens (primary N) is 1. The lowest BCUT2D eigenvalue weighted by Gasteiger charge is -2.16. The summed E-state index contributed by atoms with van der Waals surface area (Å²) in [6.07, 6.45) is 3.10. The number of nitrogens with one attached hydrogen (secondary N) is 1. The number of carbonyl (C=O) groups excluding carboxylic acids is 1. The Kier molecular flexibility index (Phi) is 5.43. The van der Waals surface area contributed by atoms with Crippen molar-refractivity contribution in [2.24, 2.45) is 5.73 Å². The number of amides is 1. The number of carbonyl (C=O) groups is 1. The summed E-state index contributed by atoms with van der Waals surface area (Å²) in [5.41, 5.74) is 6.93. The Balaban J connectivity index is 2.44. The van der Waals surface area contributed by atoms with Crippen molar-refractivity contribution in [2.45, 2.75) is 31.8 Å². The van der Waals surface area contributed by atoms with Crippen molar-refractivity contribution in [3.63, 3.8) is 0 Å². The molecule has 1 aromatic carbocycles. The van der Waals surface area contributed by atoms with Crippen molar-refractivity contribution in [2.75, 3.05) is 0 Å². The van der Waals surface area contributed by atoms with Gasteiger partial charge < -0.3 is 11.1 Å². The minimum atomic E-state index is -0.496. The van der Waals surface area contributed by atoms with E-state index in [1.807, 2.05) is 37.3 Å². The Labute approximate surface area is 103 Å². The van der Waals surface area contributed by atoms with Gasteiger partial charge in [0.25, 0.3) is 0 Å².